The highest BCUT2D eigenvalue weighted by Gasteiger charge is 2.30. The summed E-state index contributed by atoms with van der Waals surface area (Å²) in [6, 6.07) is 10.4. The Morgan fingerprint density at radius 3 is 2.28 bits per heavy atom. The van der Waals surface area contributed by atoms with Gasteiger partial charge in [0.05, 0.1) is 12.6 Å². The number of methoxy groups -OCH3 is 1. The molecule has 2 heterocycles. The summed E-state index contributed by atoms with van der Waals surface area (Å²) in [5.41, 5.74) is 1.32. The number of piperazine rings is 2. The molecule has 0 radical (unpaired) electrons. The first-order valence-electron chi connectivity index (χ1n) is 11.8. The molecule has 3 rings (SSSR count). The maximum Gasteiger partial charge on any atom is 0.239 e. The number of nitrogens with zero attached hydrogens (tertiary/aromatic N) is 4. The third-order valence-corrected chi connectivity index (χ3v) is 6.46. The van der Waals surface area contributed by atoms with Crippen LogP contribution in [0, 0.1) is 0 Å². The third kappa shape index (κ3) is 7.55. The highest BCUT2D eigenvalue weighted by atomic mass is 16.5. The van der Waals surface area contributed by atoms with Gasteiger partial charge in [0.25, 0.3) is 0 Å². The van der Waals surface area contributed by atoms with Crippen LogP contribution in [-0.2, 0) is 20.9 Å². The van der Waals surface area contributed by atoms with E-state index in [0.29, 0.717) is 19.7 Å². The molecular formula is C24H39N5O3. The summed E-state index contributed by atoms with van der Waals surface area (Å²) in [5, 5.41) is 2.94. The predicted octanol–water partition coefficient (Wildman–Crippen LogP) is 0.490. The van der Waals surface area contributed by atoms with Crippen LogP contribution in [0.2, 0.25) is 0 Å². The van der Waals surface area contributed by atoms with Crippen molar-refractivity contribution in [2.45, 2.75) is 25.9 Å². The lowest BCUT2D eigenvalue weighted by Crippen LogP contribution is -2.58. The third-order valence-electron chi connectivity index (χ3n) is 6.46. The van der Waals surface area contributed by atoms with Crippen molar-refractivity contribution >= 4 is 11.8 Å². The Morgan fingerprint density at radius 2 is 1.62 bits per heavy atom. The van der Waals surface area contributed by atoms with Crippen LogP contribution in [0.4, 0.5) is 0 Å². The quantitative estimate of drug-likeness (QED) is 0.529. The van der Waals surface area contributed by atoms with E-state index in [2.05, 4.69) is 44.3 Å². The molecule has 0 bridgehead atoms. The molecule has 32 heavy (non-hydrogen) atoms. The van der Waals surface area contributed by atoms with E-state index in [1.165, 1.54) is 5.56 Å². The molecule has 2 amide bonds. The molecule has 0 spiro atoms. The van der Waals surface area contributed by atoms with E-state index in [-0.39, 0.29) is 17.9 Å². The summed E-state index contributed by atoms with van der Waals surface area (Å²) in [6.07, 6.45) is 0.830. The summed E-state index contributed by atoms with van der Waals surface area (Å²) in [7, 11) is 1.67. The number of ether oxygens (including phenoxy) is 1. The van der Waals surface area contributed by atoms with E-state index in [1.807, 2.05) is 17.9 Å². The van der Waals surface area contributed by atoms with E-state index in [9.17, 15) is 9.59 Å². The molecule has 1 aromatic carbocycles. The Labute approximate surface area is 192 Å². The van der Waals surface area contributed by atoms with Gasteiger partial charge in [-0.2, -0.15) is 0 Å². The molecule has 2 aliphatic rings. The molecule has 8 heteroatoms. The first kappa shape index (κ1) is 24.6. The van der Waals surface area contributed by atoms with Gasteiger partial charge in [-0.05, 0) is 18.9 Å². The largest absolute Gasteiger partial charge is 0.385 e. The van der Waals surface area contributed by atoms with Crippen molar-refractivity contribution in [3.63, 3.8) is 0 Å². The molecule has 178 valence electrons. The Morgan fingerprint density at radius 1 is 0.969 bits per heavy atom. The number of benzene rings is 1. The standard InChI is InChI=1S/C24H39N5O3/c1-21(28-14-10-27(11-15-28)20-23(30)25-9-6-18-32-2)24(31)29-16-12-26(13-17-29)19-22-7-4-3-5-8-22/h3-5,7-8,21H,6,9-20H2,1-2H3,(H,25,30). The number of carbonyl (C=O) groups is 2. The maximum absolute atomic E-state index is 13.1. The molecule has 2 fully saturated rings. The molecule has 1 unspecified atom stereocenters. The van der Waals surface area contributed by atoms with Gasteiger partial charge in [-0.25, -0.2) is 0 Å². The van der Waals surface area contributed by atoms with Crippen molar-refractivity contribution in [1.29, 1.82) is 0 Å². The van der Waals surface area contributed by atoms with Crippen molar-refractivity contribution in [3.8, 4) is 0 Å². The number of rotatable bonds is 10. The minimum absolute atomic E-state index is 0.0621. The zero-order chi connectivity index (χ0) is 22.8. The highest BCUT2D eigenvalue weighted by molar-refractivity contribution is 5.81. The molecule has 0 saturated carbocycles. The number of hydrogen-bond acceptors (Lipinski definition) is 6. The number of nitrogens with one attached hydrogen (secondary N) is 1. The van der Waals surface area contributed by atoms with Crippen molar-refractivity contribution in [2.24, 2.45) is 0 Å². The summed E-state index contributed by atoms with van der Waals surface area (Å²) in [5.74, 6) is 0.292. The van der Waals surface area contributed by atoms with Gasteiger partial charge in [-0.3, -0.25) is 24.3 Å². The number of amides is 2. The summed E-state index contributed by atoms with van der Waals surface area (Å²) < 4.78 is 5.00. The highest BCUT2D eigenvalue weighted by Crippen LogP contribution is 2.13. The van der Waals surface area contributed by atoms with Crippen molar-refractivity contribution in [2.75, 3.05) is 79.2 Å². The molecular weight excluding hydrogens is 406 g/mol. The first-order valence-corrected chi connectivity index (χ1v) is 11.8. The SMILES string of the molecule is COCCCNC(=O)CN1CCN(C(C)C(=O)N2CCN(Cc3ccccc3)CC2)CC1. The van der Waals surface area contributed by atoms with Crippen molar-refractivity contribution < 1.29 is 14.3 Å². The monoisotopic (exact) mass is 445 g/mol. The van der Waals surface area contributed by atoms with Crippen molar-refractivity contribution in [3.05, 3.63) is 35.9 Å². The fourth-order valence-electron chi connectivity index (χ4n) is 4.40. The normalized spacial score (nSPS) is 19.6. The van der Waals surface area contributed by atoms with Crippen LogP contribution in [0.3, 0.4) is 0 Å². The second-order valence-corrected chi connectivity index (χ2v) is 8.77. The van der Waals surface area contributed by atoms with Gasteiger partial charge in [0, 0.05) is 79.2 Å². The molecule has 1 atom stereocenters. The number of carbonyl (C=O) groups excluding carboxylic acids is 2. The smallest absolute Gasteiger partial charge is 0.239 e. The Balaban J connectivity index is 1.34. The Bertz CT molecular complexity index is 701. The van der Waals surface area contributed by atoms with Crippen LogP contribution in [0.25, 0.3) is 0 Å². The number of hydrogen-bond donors (Lipinski definition) is 1. The van der Waals surface area contributed by atoms with Crippen LogP contribution in [-0.4, -0.2) is 117 Å². The molecule has 8 nitrogen and oxygen atoms in total. The molecule has 2 saturated heterocycles. The van der Waals surface area contributed by atoms with Gasteiger partial charge >= 0.3 is 0 Å². The minimum atomic E-state index is -0.110. The van der Waals surface area contributed by atoms with Crippen LogP contribution in [0.15, 0.2) is 30.3 Å². The molecule has 2 aliphatic heterocycles. The molecule has 1 N–H and O–H groups in total. The van der Waals surface area contributed by atoms with Crippen LogP contribution < -0.4 is 5.32 Å². The lowest BCUT2D eigenvalue weighted by molar-refractivity contribution is -0.139. The summed E-state index contributed by atoms with van der Waals surface area (Å²) >= 11 is 0. The van der Waals surface area contributed by atoms with E-state index < -0.39 is 0 Å². The molecule has 0 aromatic heterocycles. The van der Waals surface area contributed by atoms with E-state index in [0.717, 1.165) is 65.3 Å². The fourth-order valence-corrected chi connectivity index (χ4v) is 4.40. The van der Waals surface area contributed by atoms with Gasteiger partial charge in [-0.15, -0.1) is 0 Å². The summed E-state index contributed by atoms with van der Waals surface area (Å²) in [6.45, 7) is 11.4. The molecule has 0 aliphatic carbocycles. The van der Waals surface area contributed by atoms with E-state index in [1.54, 1.807) is 7.11 Å². The minimum Gasteiger partial charge on any atom is -0.385 e. The van der Waals surface area contributed by atoms with Crippen LogP contribution in [0.1, 0.15) is 18.9 Å². The Hall–Kier alpha value is -2.00. The van der Waals surface area contributed by atoms with Crippen molar-refractivity contribution in [1.82, 2.24) is 24.9 Å². The van der Waals surface area contributed by atoms with E-state index in [4.69, 9.17) is 4.74 Å². The van der Waals surface area contributed by atoms with Gasteiger partial charge < -0.3 is 15.0 Å². The molecule has 1 aromatic rings. The van der Waals surface area contributed by atoms with Gasteiger partial charge in [-0.1, -0.05) is 30.3 Å². The predicted molar refractivity (Wildman–Crippen MR) is 125 cm³/mol. The van der Waals surface area contributed by atoms with E-state index >= 15 is 0 Å². The van der Waals surface area contributed by atoms with Gasteiger partial charge in [0.1, 0.15) is 0 Å². The van der Waals surface area contributed by atoms with Gasteiger partial charge in [0.2, 0.25) is 11.8 Å². The Kier molecular flexibility index (Phi) is 9.92. The second kappa shape index (κ2) is 12.9. The summed E-state index contributed by atoms with van der Waals surface area (Å²) in [4.78, 5) is 34.0. The van der Waals surface area contributed by atoms with Crippen LogP contribution >= 0.6 is 0 Å². The second-order valence-electron chi connectivity index (χ2n) is 8.77. The average Bonchev–Trinajstić information content (AvgIpc) is 2.82. The average molecular weight is 446 g/mol. The first-order chi connectivity index (χ1) is 15.6. The fraction of sp³-hybridized carbons (Fsp3) is 0.667. The van der Waals surface area contributed by atoms with Crippen LogP contribution in [0.5, 0.6) is 0 Å². The zero-order valence-corrected chi connectivity index (χ0v) is 19.7. The zero-order valence-electron chi connectivity index (χ0n) is 19.7. The maximum atomic E-state index is 13.1. The lowest BCUT2D eigenvalue weighted by Gasteiger charge is -2.41. The topological polar surface area (TPSA) is 68.4 Å². The lowest BCUT2D eigenvalue weighted by atomic mass is 10.1. The van der Waals surface area contributed by atoms with Gasteiger partial charge in [0.15, 0.2) is 0 Å².